The summed E-state index contributed by atoms with van der Waals surface area (Å²) in [5.74, 6) is -0.912. The van der Waals surface area contributed by atoms with Gasteiger partial charge in [0.25, 0.3) is 0 Å². The molecule has 0 aliphatic carbocycles. The van der Waals surface area contributed by atoms with E-state index in [-0.39, 0.29) is 0 Å². The highest BCUT2D eigenvalue weighted by molar-refractivity contribution is 7.14. The predicted octanol–water partition coefficient (Wildman–Crippen LogP) is 1.58. The zero-order valence-corrected chi connectivity index (χ0v) is 15.2. The van der Waals surface area contributed by atoms with Crippen molar-refractivity contribution in [2.24, 2.45) is 0 Å². The number of ether oxygens (including phenoxy) is 1. The molecule has 0 amide bonds. The lowest BCUT2D eigenvalue weighted by molar-refractivity contribution is 0.0136. The van der Waals surface area contributed by atoms with Crippen LogP contribution >= 0.6 is 11.3 Å². The summed E-state index contributed by atoms with van der Waals surface area (Å²) in [7, 11) is 0. The van der Waals surface area contributed by atoms with Crippen LogP contribution < -0.4 is 10.2 Å². The summed E-state index contributed by atoms with van der Waals surface area (Å²) in [6, 6.07) is 6.88. The topological polar surface area (TPSA) is 77.9 Å². The molecule has 1 atom stereocenters. The van der Waals surface area contributed by atoms with Crippen LogP contribution in [-0.4, -0.2) is 73.1 Å². The monoisotopic (exact) mass is 374 g/mol. The fraction of sp³-hybridized carbons (Fsp3) is 0.444. The van der Waals surface area contributed by atoms with Crippen molar-refractivity contribution in [2.75, 3.05) is 50.8 Å². The Morgan fingerprint density at radius 1 is 1.23 bits per heavy atom. The van der Waals surface area contributed by atoms with Gasteiger partial charge in [0.05, 0.1) is 30.6 Å². The van der Waals surface area contributed by atoms with Crippen molar-refractivity contribution in [3.63, 3.8) is 0 Å². The second-order valence-electron chi connectivity index (χ2n) is 6.42. The first-order valence-corrected chi connectivity index (χ1v) is 9.69. The first kappa shape index (κ1) is 17.4. The smallest absolute Gasteiger partial charge is 0.335 e. The highest BCUT2D eigenvalue weighted by Crippen LogP contribution is 2.30. The number of nitrogens with zero attached hydrogens (tertiary/aromatic N) is 3. The van der Waals surface area contributed by atoms with E-state index >= 15 is 0 Å². The van der Waals surface area contributed by atoms with Crippen LogP contribution in [0, 0.1) is 0 Å². The van der Waals surface area contributed by atoms with Crippen molar-refractivity contribution < 1.29 is 14.6 Å². The number of aromatic nitrogens is 1. The molecule has 2 aromatic rings. The van der Waals surface area contributed by atoms with E-state index in [0.717, 1.165) is 62.3 Å². The fourth-order valence-corrected chi connectivity index (χ4v) is 4.33. The molecule has 8 heteroatoms. The van der Waals surface area contributed by atoms with Gasteiger partial charge < -0.3 is 20.1 Å². The van der Waals surface area contributed by atoms with Gasteiger partial charge in [-0.25, -0.2) is 9.78 Å². The Morgan fingerprint density at radius 3 is 2.73 bits per heavy atom. The highest BCUT2D eigenvalue weighted by Gasteiger charge is 2.30. The van der Waals surface area contributed by atoms with Gasteiger partial charge >= 0.3 is 5.97 Å². The van der Waals surface area contributed by atoms with E-state index < -0.39 is 5.97 Å². The molecular weight excluding hydrogens is 352 g/mol. The number of benzene rings is 1. The Hall–Kier alpha value is -2.00. The molecule has 2 aliphatic rings. The standard InChI is InChI=1S/C18H22N4O3S/c23-17(24)14-3-1-13(2-4-14)15-12-26-18(20-15)22-6-5-19-11-16(22)21-7-9-25-10-8-21/h1-4,12,16,19H,5-11H2,(H,23,24). The Bertz CT molecular complexity index is 758. The van der Waals surface area contributed by atoms with Gasteiger partial charge in [-0.05, 0) is 12.1 Å². The molecule has 3 heterocycles. The van der Waals surface area contributed by atoms with E-state index in [0.29, 0.717) is 11.7 Å². The molecule has 138 valence electrons. The zero-order valence-electron chi connectivity index (χ0n) is 14.4. The van der Waals surface area contributed by atoms with Gasteiger partial charge in [-0.2, -0.15) is 0 Å². The second kappa shape index (κ2) is 7.71. The van der Waals surface area contributed by atoms with Crippen LogP contribution in [0.2, 0.25) is 0 Å². The van der Waals surface area contributed by atoms with Gasteiger partial charge in [0, 0.05) is 43.7 Å². The summed E-state index contributed by atoms with van der Waals surface area (Å²) in [5, 5.41) is 15.6. The number of nitrogens with one attached hydrogen (secondary N) is 1. The molecule has 0 bridgehead atoms. The van der Waals surface area contributed by atoms with Crippen molar-refractivity contribution in [3.05, 3.63) is 35.2 Å². The van der Waals surface area contributed by atoms with Gasteiger partial charge in [0.15, 0.2) is 5.13 Å². The number of carbonyl (C=O) groups is 1. The van der Waals surface area contributed by atoms with Crippen molar-refractivity contribution >= 4 is 22.4 Å². The van der Waals surface area contributed by atoms with E-state index in [1.807, 2.05) is 17.5 Å². The SMILES string of the molecule is O=C(O)c1ccc(-c2csc(N3CCNCC3N3CCOCC3)n2)cc1. The summed E-state index contributed by atoms with van der Waals surface area (Å²) in [4.78, 5) is 20.7. The lowest BCUT2D eigenvalue weighted by atomic mass is 10.1. The molecule has 0 spiro atoms. The van der Waals surface area contributed by atoms with Gasteiger partial charge in [-0.1, -0.05) is 12.1 Å². The van der Waals surface area contributed by atoms with Crippen molar-refractivity contribution in [2.45, 2.75) is 6.17 Å². The van der Waals surface area contributed by atoms with Crippen LogP contribution in [0.1, 0.15) is 10.4 Å². The average Bonchev–Trinajstić information content (AvgIpc) is 3.19. The van der Waals surface area contributed by atoms with Gasteiger partial charge in [-0.3, -0.25) is 4.90 Å². The first-order valence-electron chi connectivity index (χ1n) is 8.81. The zero-order chi connectivity index (χ0) is 17.9. The maximum Gasteiger partial charge on any atom is 0.335 e. The molecule has 26 heavy (non-hydrogen) atoms. The maximum absolute atomic E-state index is 11.0. The quantitative estimate of drug-likeness (QED) is 0.841. The van der Waals surface area contributed by atoms with Crippen LogP contribution in [0.3, 0.4) is 0 Å². The molecule has 2 N–H and O–H groups in total. The number of rotatable bonds is 4. The maximum atomic E-state index is 11.0. The Kier molecular flexibility index (Phi) is 5.16. The predicted molar refractivity (Wildman–Crippen MR) is 101 cm³/mol. The minimum Gasteiger partial charge on any atom is -0.478 e. The van der Waals surface area contributed by atoms with Crippen LogP contribution in [0.5, 0.6) is 0 Å². The summed E-state index contributed by atoms with van der Waals surface area (Å²) < 4.78 is 5.48. The summed E-state index contributed by atoms with van der Waals surface area (Å²) in [5.41, 5.74) is 2.12. The molecule has 1 aromatic carbocycles. The number of piperazine rings is 1. The van der Waals surface area contributed by atoms with E-state index in [9.17, 15) is 4.79 Å². The Morgan fingerprint density at radius 2 is 2.00 bits per heavy atom. The summed E-state index contributed by atoms with van der Waals surface area (Å²) in [6.45, 7) is 6.24. The third-order valence-corrected chi connectivity index (χ3v) is 5.73. The first-order chi connectivity index (χ1) is 12.7. The molecule has 1 unspecified atom stereocenters. The van der Waals surface area contributed by atoms with E-state index in [2.05, 4.69) is 15.1 Å². The Labute approximate surface area is 156 Å². The van der Waals surface area contributed by atoms with Crippen LogP contribution in [0.25, 0.3) is 11.3 Å². The molecule has 0 radical (unpaired) electrons. The number of aromatic carboxylic acids is 1. The lowest BCUT2D eigenvalue weighted by Crippen LogP contribution is -2.61. The molecule has 2 saturated heterocycles. The highest BCUT2D eigenvalue weighted by atomic mass is 32.1. The molecule has 4 rings (SSSR count). The molecule has 7 nitrogen and oxygen atoms in total. The molecule has 2 fully saturated rings. The third-order valence-electron chi connectivity index (χ3n) is 4.85. The van der Waals surface area contributed by atoms with Crippen LogP contribution in [-0.2, 0) is 4.74 Å². The number of hydrogen-bond donors (Lipinski definition) is 2. The molecule has 0 saturated carbocycles. The Balaban J connectivity index is 1.54. The van der Waals surface area contributed by atoms with E-state index in [1.165, 1.54) is 0 Å². The second-order valence-corrected chi connectivity index (χ2v) is 7.26. The van der Waals surface area contributed by atoms with E-state index in [4.69, 9.17) is 14.8 Å². The largest absolute Gasteiger partial charge is 0.478 e. The number of thiazole rings is 1. The van der Waals surface area contributed by atoms with Crippen LogP contribution in [0.15, 0.2) is 29.6 Å². The number of morpholine rings is 1. The summed E-state index contributed by atoms with van der Waals surface area (Å²) in [6.07, 6.45) is 0.293. The average molecular weight is 374 g/mol. The normalized spacial score (nSPS) is 21.7. The minimum atomic E-state index is -0.912. The number of carboxylic acids is 1. The van der Waals surface area contributed by atoms with Gasteiger partial charge in [0.2, 0.25) is 0 Å². The van der Waals surface area contributed by atoms with Crippen molar-refractivity contribution in [3.8, 4) is 11.3 Å². The molecule has 2 aliphatic heterocycles. The molecule has 1 aromatic heterocycles. The fourth-order valence-electron chi connectivity index (χ4n) is 3.43. The number of carboxylic acid groups (broad SMARTS) is 1. The van der Waals surface area contributed by atoms with Crippen molar-refractivity contribution in [1.82, 2.24) is 15.2 Å². The number of anilines is 1. The van der Waals surface area contributed by atoms with Crippen LogP contribution in [0.4, 0.5) is 5.13 Å². The number of hydrogen-bond acceptors (Lipinski definition) is 7. The van der Waals surface area contributed by atoms with Crippen molar-refractivity contribution in [1.29, 1.82) is 0 Å². The molecular formula is C18H22N4O3S. The third kappa shape index (κ3) is 3.59. The lowest BCUT2D eigenvalue weighted by Gasteiger charge is -2.44. The van der Waals surface area contributed by atoms with E-state index in [1.54, 1.807) is 23.5 Å². The van der Waals surface area contributed by atoms with Gasteiger partial charge in [0.1, 0.15) is 0 Å². The van der Waals surface area contributed by atoms with Gasteiger partial charge in [-0.15, -0.1) is 11.3 Å². The summed E-state index contributed by atoms with van der Waals surface area (Å²) >= 11 is 1.64. The minimum absolute atomic E-state index is 0.290.